The summed E-state index contributed by atoms with van der Waals surface area (Å²) in [6.07, 6.45) is 3.47. The molecule has 0 unspecified atom stereocenters. The average molecular weight is 387 g/mol. The Bertz CT molecular complexity index is 860. The number of aromatic nitrogens is 3. The van der Waals surface area contributed by atoms with E-state index in [1.54, 1.807) is 23.7 Å². The van der Waals surface area contributed by atoms with Crippen LogP contribution in [0, 0.1) is 0 Å². The van der Waals surface area contributed by atoms with Crippen molar-refractivity contribution in [1.29, 1.82) is 0 Å². The van der Waals surface area contributed by atoms with Crippen LogP contribution in [0.2, 0.25) is 0 Å². The van der Waals surface area contributed by atoms with E-state index in [0.717, 1.165) is 41.6 Å². The first-order valence-corrected chi connectivity index (χ1v) is 10.1. The predicted molar refractivity (Wildman–Crippen MR) is 104 cm³/mol. The first-order chi connectivity index (χ1) is 12.8. The van der Waals surface area contributed by atoms with Gasteiger partial charge in [-0.05, 0) is 11.4 Å². The van der Waals surface area contributed by atoms with Crippen LogP contribution in [0.4, 0.5) is 5.82 Å². The highest BCUT2D eigenvalue weighted by molar-refractivity contribution is 7.13. The minimum atomic E-state index is -0.0689. The molecule has 0 saturated carbocycles. The van der Waals surface area contributed by atoms with Crippen molar-refractivity contribution < 1.29 is 4.79 Å². The highest BCUT2D eigenvalue weighted by Crippen LogP contribution is 2.30. The van der Waals surface area contributed by atoms with Crippen LogP contribution in [0.15, 0.2) is 35.3 Å². The summed E-state index contributed by atoms with van der Waals surface area (Å²) >= 11 is 3.07. The second kappa shape index (κ2) is 8.00. The van der Waals surface area contributed by atoms with Gasteiger partial charge in [0.05, 0.1) is 17.0 Å². The van der Waals surface area contributed by atoms with Crippen LogP contribution in [-0.4, -0.2) is 58.5 Å². The van der Waals surface area contributed by atoms with Gasteiger partial charge in [-0.2, -0.15) is 0 Å². The van der Waals surface area contributed by atoms with Crippen molar-refractivity contribution in [3.05, 3.63) is 35.3 Å². The molecule has 1 saturated heterocycles. The van der Waals surface area contributed by atoms with Crippen molar-refractivity contribution in [2.24, 2.45) is 0 Å². The maximum atomic E-state index is 12.6. The number of nitrogens with one attached hydrogen (secondary N) is 2. The molecule has 2 N–H and O–H groups in total. The van der Waals surface area contributed by atoms with Crippen LogP contribution >= 0.6 is 22.7 Å². The summed E-state index contributed by atoms with van der Waals surface area (Å²) in [5.74, 6) is 1.05. The van der Waals surface area contributed by atoms with Crippen LogP contribution in [0.1, 0.15) is 0 Å². The van der Waals surface area contributed by atoms with E-state index in [-0.39, 0.29) is 5.91 Å². The lowest BCUT2D eigenvalue weighted by atomic mass is 10.3. The maximum absolute atomic E-state index is 12.6. The van der Waals surface area contributed by atoms with Gasteiger partial charge < -0.3 is 10.6 Å². The van der Waals surface area contributed by atoms with E-state index < -0.39 is 0 Å². The van der Waals surface area contributed by atoms with E-state index in [9.17, 15) is 4.79 Å². The van der Waals surface area contributed by atoms with E-state index in [2.05, 4.69) is 30.5 Å². The molecule has 4 rings (SSSR count). The molecule has 7 nitrogen and oxygen atoms in total. The number of hydrogen-bond acceptors (Lipinski definition) is 8. The Kier molecular flexibility index (Phi) is 5.30. The van der Waals surface area contributed by atoms with Crippen molar-refractivity contribution in [1.82, 2.24) is 25.2 Å². The molecule has 3 aromatic rings. The summed E-state index contributed by atoms with van der Waals surface area (Å²) in [6, 6.07) is 3.93. The van der Waals surface area contributed by atoms with Gasteiger partial charge in [-0.1, -0.05) is 6.07 Å². The Labute approximate surface area is 159 Å². The summed E-state index contributed by atoms with van der Waals surface area (Å²) in [5, 5.41) is 10.9. The van der Waals surface area contributed by atoms with Gasteiger partial charge in [0, 0.05) is 44.0 Å². The molecule has 1 aliphatic heterocycles. The van der Waals surface area contributed by atoms with Crippen LogP contribution in [0.3, 0.4) is 0 Å². The van der Waals surface area contributed by atoms with Gasteiger partial charge in [-0.25, -0.2) is 15.0 Å². The molecular weight excluding hydrogens is 368 g/mol. The summed E-state index contributed by atoms with van der Waals surface area (Å²) in [4.78, 5) is 29.1. The van der Waals surface area contributed by atoms with Crippen molar-refractivity contribution in [2.75, 3.05) is 38.0 Å². The van der Waals surface area contributed by atoms with Crippen molar-refractivity contribution in [2.45, 2.75) is 0 Å². The molecule has 3 aromatic heterocycles. The standard InChI is InChI=1S/C17H18N6OS2/c24-14(11-23-6-3-18-4-7-23)21-15-12(17-19-5-9-26-17)10-20-16(22-15)13-2-1-8-25-13/h1-2,5,8-10,18H,3-4,6-7,11H2,(H,20,21,22,24). The number of carbonyl (C=O) groups excluding carboxylic acids is 1. The fourth-order valence-corrected chi connectivity index (χ4v) is 4.07. The van der Waals surface area contributed by atoms with Gasteiger partial charge in [0.2, 0.25) is 5.91 Å². The number of piperazine rings is 1. The Morgan fingerprint density at radius 1 is 1.23 bits per heavy atom. The monoisotopic (exact) mass is 386 g/mol. The molecule has 26 heavy (non-hydrogen) atoms. The van der Waals surface area contributed by atoms with Gasteiger partial charge in [0.1, 0.15) is 10.8 Å². The summed E-state index contributed by atoms with van der Waals surface area (Å²) in [6.45, 7) is 3.92. The Morgan fingerprint density at radius 2 is 2.12 bits per heavy atom. The molecule has 0 spiro atoms. The Balaban J connectivity index is 1.59. The summed E-state index contributed by atoms with van der Waals surface area (Å²) in [7, 11) is 0. The normalized spacial score (nSPS) is 15.1. The number of thiazole rings is 1. The molecule has 0 aromatic carbocycles. The molecule has 9 heteroatoms. The quantitative estimate of drug-likeness (QED) is 0.699. The molecular formula is C17H18N6OS2. The third-order valence-electron chi connectivity index (χ3n) is 4.03. The van der Waals surface area contributed by atoms with Gasteiger partial charge in [0.15, 0.2) is 5.82 Å². The topological polar surface area (TPSA) is 83.0 Å². The predicted octanol–water partition coefficient (Wildman–Crippen LogP) is 2.17. The van der Waals surface area contributed by atoms with E-state index in [1.807, 2.05) is 22.9 Å². The Hall–Kier alpha value is -2.20. The van der Waals surface area contributed by atoms with E-state index in [1.165, 1.54) is 11.3 Å². The van der Waals surface area contributed by atoms with Crippen molar-refractivity contribution >= 4 is 34.4 Å². The summed E-state index contributed by atoms with van der Waals surface area (Å²) < 4.78 is 0. The number of rotatable bonds is 5. The molecule has 0 aliphatic carbocycles. The second-order valence-electron chi connectivity index (χ2n) is 5.84. The number of carbonyl (C=O) groups is 1. The smallest absolute Gasteiger partial charge is 0.239 e. The zero-order valence-corrected chi connectivity index (χ0v) is 15.6. The lowest BCUT2D eigenvalue weighted by Crippen LogP contribution is -2.46. The molecule has 0 atom stereocenters. The highest BCUT2D eigenvalue weighted by Gasteiger charge is 2.18. The van der Waals surface area contributed by atoms with Crippen LogP contribution in [0.5, 0.6) is 0 Å². The molecule has 134 valence electrons. The molecule has 1 amide bonds. The molecule has 0 bridgehead atoms. The number of amides is 1. The van der Waals surface area contributed by atoms with Crippen molar-refractivity contribution in [3.63, 3.8) is 0 Å². The Morgan fingerprint density at radius 3 is 2.85 bits per heavy atom. The number of thiophene rings is 1. The number of anilines is 1. The van der Waals surface area contributed by atoms with Gasteiger partial charge in [0.25, 0.3) is 0 Å². The van der Waals surface area contributed by atoms with E-state index >= 15 is 0 Å². The minimum Gasteiger partial charge on any atom is -0.314 e. The summed E-state index contributed by atoms with van der Waals surface area (Å²) in [5.41, 5.74) is 0.744. The van der Waals surface area contributed by atoms with E-state index in [0.29, 0.717) is 18.2 Å². The highest BCUT2D eigenvalue weighted by atomic mass is 32.1. The molecule has 1 fully saturated rings. The third-order valence-corrected chi connectivity index (χ3v) is 5.70. The zero-order valence-electron chi connectivity index (χ0n) is 14.0. The average Bonchev–Trinajstić information content (AvgIpc) is 3.36. The van der Waals surface area contributed by atoms with Gasteiger partial charge >= 0.3 is 0 Å². The van der Waals surface area contributed by atoms with Crippen LogP contribution in [-0.2, 0) is 4.79 Å². The lowest BCUT2D eigenvalue weighted by molar-refractivity contribution is -0.117. The van der Waals surface area contributed by atoms with Crippen LogP contribution < -0.4 is 10.6 Å². The molecule has 0 radical (unpaired) electrons. The molecule has 4 heterocycles. The fourth-order valence-electron chi connectivity index (χ4n) is 2.76. The third kappa shape index (κ3) is 3.96. The van der Waals surface area contributed by atoms with Crippen molar-refractivity contribution in [3.8, 4) is 21.3 Å². The number of nitrogens with zero attached hydrogens (tertiary/aromatic N) is 4. The minimum absolute atomic E-state index is 0.0689. The number of hydrogen-bond donors (Lipinski definition) is 2. The molecule has 1 aliphatic rings. The largest absolute Gasteiger partial charge is 0.314 e. The zero-order chi connectivity index (χ0) is 17.8. The SMILES string of the molecule is O=C(CN1CCNCC1)Nc1nc(-c2cccs2)ncc1-c1nccs1. The van der Waals surface area contributed by atoms with Crippen LogP contribution in [0.25, 0.3) is 21.3 Å². The first-order valence-electron chi connectivity index (χ1n) is 8.33. The first kappa shape index (κ1) is 17.2. The van der Waals surface area contributed by atoms with Gasteiger partial charge in [-0.3, -0.25) is 9.69 Å². The van der Waals surface area contributed by atoms with E-state index in [4.69, 9.17) is 0 Å². The second-order valence-corrected chi connectivity index (χ2v) is 7.69. The fraction of sp³-hybridized carbons (Fsp3) is 0.294. The lowest BCUT2D eigenvalue weighted by Gasteiger charge is -2.26. The maximum Gasteiger partial charge on any atom is 0.239 e. The van der Waals surface area contributed by atoms with Gasteiger partial charge in [-0.15, -0.1) is 22.7 Å².